The first kappa shape index (κ1) is 10.4. The highest BCUT2D eigenvalue weighted by Gasteiger charge is 2.02. The van der Waals surface area contributed by atoms with Gasteiger partial charge in [-0.15, -0.1) is 0 Å². The van der Waals surface area contributed by atoms with E-state index in [-0.39, 0.29) is 0 Å². The predicted octanol–water partition coefficient (Wildman–Crippen LogP) is 3.18. The number of aromatic nitrogens is 2. The number of aryl methyl sites for hydroxylation is 1. The summed E-state index contributed by atoms with van der Waals surface area (Å²) in [5.74, 6) is 0.780. The highest BCUT2D eigenvalue weighted by atomic mass is 127. The largest absolute Gasteiger partial charge is 0.423 e. The highest BCUT2D eigenvalue weighted by molar-refractivity contribution is 14.1. The van der Waals surface area contributed by atoms with Gasteiger partial charge in [0.05, 0.1) is 3.57 Å². The number of hydrogen-bond acceptors (Lipinski definition) is 3. The van der Waals surface area contributed by atoms with Crippen molar-refractivity contribution >= 4 is 22.6 Å². The Morgan fingerprint density at radius 2 is 1.80 bits per heavy atom. The molecule has 0 saturated carbocycles. The van der Waals surface area contributed by atoms with Crippen LogP contribution in [-0.4, -0.2) is 9.97 Å². The fourth-order valence-corrected chi connectivity index (χ4v) is 1.56. The molecule has 1 heterocycles. The van der Waals surface area contributed by atoms with Gasteiger partial charge in [-0.3, -0.25) is 0 Å². The van der Waals surface area contributed by atoms with Crippen molar-refractivity contribution in [2.75, 3.05) is 0 Å². The van der Waals surface area contributed by atoms with E-state index < -0.39 is 0 Å². The quantitative estimate of drug-likeness (QED) is 0.799. The molecule has 2 rings (SSSR count). The maximum atomic E-state index is 5.53. The molecule has 2 aromatic rings. The van der Waals surface area contributed by atoms with Crippen LogP contribution >= 0.6 is 22.6 Å². The van der Waals surface area contributed by atoms with Crippen LogP contribution in [0, 0.1) is 10.5 Å². The van der Waals surface area contributed by atoms with Gasteiger partial charge in [-0.2, -0.15) is 0 Å². The van der Waals surface area contributed by atoms with Crippen molar-refractivity contribution in [1.82, 2.24) is 9.97 Å². The van der Waals surface area contributed by atoms with Crippen LogP contribution in [-0.2, 0) is 0 Å². The number of benzene rings is 1. The van der Waals surface area contributed by atoms with Crippen LogP contribution in [0.3, 0.4) is 0 Å². The molecule has 3 nitrogen and oxygen atoms in total. The lowest BCUT2D eigenvalue weighted by atomic mass is 10.3. The van der Waals surface area contributed by atoms with Crippen LogP contribution in [0.1, 0.15) is 5.56 Å². The molecule has 4 heteroatoms. The molecule has 0 aliphatic heterocycles. The first-order valence-electron chi connectivity index (χ1n) is 4.47. The van der Waals surface area contributed by atoms with E-state index >= 15 is 0 Å². The van der Waals surface area contributed by atoms with Crippen molar-refractivity contribution in [3.63, 3.8) is 0 Å². The summed E-state index contributed by atoms with van der Waals surface area (Å²) in [7, 11) is 0. The van der Waals surface area contributed by atoms with Gasteiger partial charge >= 0.3 is 6.01 Å². The Labute approximate surface area is 102 Å². The molecule has 0 aliphatic carbocycles. The lowest BCUT2D eigenvalue weighted by molar-refractivity contribution is 0.438. The zero-order valence-corrected chi connectivity index (χ0v) is 10.3. The maximum Gasteiger partial charge on any atom is 0.321 e. The van der Waals surface area contributed by atoms with Crippen LogP contribution in [0.25, 0.3) is 0 Å². The Kier molecular flexibility index (Phi) is 3.15. The summed E-state index contributed by atoms with van der Waals surface area (Å²) < 4.78 is 6.58. The Hall–Kier alpha value is -1.17. The molecule has 1 aromatic heterocycles. The van der Waals surface area contributed by atoms with E-state index in [1.54, 1.807) is 12.4 Å². The van der Waals surface area contributed by atoms with E-state index in [1.165, 1.54) is 0 Å². The summed E-state index contributed by atoms with van der Waals surface area (Å²) in [6, 6.07) is 8.13. The second kappa shape index (κ2) is 4.57. The normalized spacial score (nSPS) is 10.0. The molecular weight excluding hydrogens is 303 g/mol. The third-order valence-corrected chi connectivity index (χ3v) is 2.69. The fourth-order valence-electron chi connectivity index (χ4n) is 1.06. The molecule has 0 atom stereocenters. The van der Waals surface area contributed by atoms with Crippen LogP contribution in [0.2, 0.25) is 0 Å². The van der Waals surface area contributed by atoms with E-state index in [0.717, 1.165) is 14.9 Å². The van der Waals surface area contributed by atoms with Crippen molar-refractivity contribution in [2.45, 2.75) is 6.92 Å². The van der Waals surface area contributed by atoms with Crippen LogP contribution < -0.4 is 4.74 Å². The molecule has 0 saturated heterocycles. The summed E-state index contributed by atoms with van der Waals surface area (Å²) in [4.78, 5) is 8.16. The number of nitrogens with zero attached hydrogens (tertiary/aromatic N) is 2. The summed E-state index contributed by atoms with van der Waals surface area (Å²) in [5.41, 5.74) is 1.02. The molecule has 0 N–H and O–H groups in total. The zero-order valence-electron chi connectivity index (χ0n) is 8.14. The van der Waals surface area contributed by atoms with Crippen molar-refractivity contribution in [3.8, 4) is 11.8 Å². The molecule has 1 aromatic carbocycles. The van der Waals surface area contributed by atoms with Gasteiger partial charge in [0.1, 0.15) is 5.75 Å². The van der Waals surface area contributed by atoms with Gasteiger partial charge in [0.15, 0.2) is 0 Å². The summed E-state index contributed by atoms with van der Waals surface area (Å²) in [6.45, 7) is 1.94. The number of para-hydroxylation sites is 1. The molecule has 0 aliphatic rings. The fraction of sp³-hybridized carbons (Fsp3) is 0.0909. The summed E-state index contributed by atoms with van der Waals surface area (Å²) in [6.07, 6.45) is 3.47. The molecule has 0 fully saturated rings. The van der Waals surface area contributed by atoms with Crippen LogP contribution in [0.5, 0.6) is 11.8 Å². The zero-order chi connectivity index (χ0) is 10.7. The van der Waals surface area contributed by atoms with Crippen LogP contribution in [0.15, 0.2) is 36.7 Å². The Morgan fingerprint density at radius 1 is 1.13 bits per heavy atom. The van der Waals surface area contributed by atoms with E-state index in [1.807, 2.05) is 31.2 Å². The molecule has 15 heavy (non-hydrogen) atoms. The average molecular weight is 312 g/mol. The topological polar surface area (TPSA) is 35.0 Å². The minimum absolute atomic E-state index is 0.379. The van der Waals surface area contributed by atoms with E-state index in [9.17, 15) is 0 Å². The van der Waals surface area contributed by atoms with Gasteiger partial charge in [-0.25, -0.2) is 9.97 Å². The van der Waals surface area contributed by atoms with Gasteiger partial charge in [0.2, 0.25) is 0 Å². The smallest absolute Gasteiger partial charge is 0.321 e. The van der Waals surface area contributed by atoms with Gasteiger partial charge in [0, 0.05) is 12.4 Å². The SMILES string of the molecule is Cc1cnc(Oc2ccccc2I)nc1. The minimum Gasteiger partial charge on any atom is -0.423 e. The number of halogens is 1. The number of rotatable bonds is 2. The Morgan fingerprint density at radius 3 is 2.47 bits per heavy atom. The molecule has 0 spiro atoms. The second-order valence-electron chi connectivity index (χ2n) is 3.08. The third kappa shape index (κ3) is 2.65. The van der Waals surface area contributed by atoms with Gasteiger partial charge in [-0.1, -0.05) is 12.1 Å². The van der Waals surface area contributed by atoms with Crippen molar-refractivity contribution in [2.24, 2.45) is 0 Å². The summed E-state index contributed by atoms with van der Waals surface area (Å²) in [5, 5.41) is 0. The maximum absolute atomic E-state index is 5.53. The highest BCUT2D eigenvalue weighted by Crippen LogP contribution is 2.23. The molecule has 0 bridgehead atoms. The average Bonchev–Trinajstić information content (AvgIpc) is 2.25. The molecule has 0 unspecified atom stereocenters. The Balaban J connectivity index is 2.22. The number of hydrogen-bond donors (Lipinski definition) is 0. The van der Waals surface area contributed by atoms with E-state index in [0.29, 0.717) is 6.01 Å². The van der Waals surface area contributed by atoms with Crippen molar-refractivity contribution in [3.05, 3.63) is 45.8 Å². The van der Waals surface area contributed by atoms with E-state index in [2.05, 4.69) is 32.6 Å². The monoisotopic (exact) mass is 312 g/mol. The molecular formula is C11H9IN2O. The Bertz CT molecular complexity index is 456. The van der Waals surface area contributed by atoms with E-state index in [4.69, 9.17) is 4.74 Å². The van der Waals surface area contributed by atoms with Crippen molar-refractivity contribution in [1.29, 1.82) is 0 Å². The molecule has 0 radical (unpaired) electrons. The molecule has 0 amide bonds. The molecule has 76 valence electrons. The second-order valence-corrected chi connectivity index (χ2v) is 4.24. The van der Waals surface area contributed by atoms with Crippen LogP contribution in [0.4, 0.5) is 0 Å². The minimum atomic E-state index is 0.379. The third-order valence-electron chi connectivity index (χ3n) is 1.80. The summed E-state index contributed by atoms with van der Waals surface area (Å²) >= 11 is 2.21. The van der Waals surface area contributed by atoms with Crippen molar-refractivity contribution < 1.29 is 4.74 Å². The standard InChI is InChI=1S/C11H9IN2O/c1-8-6-13-11(14-7-8)15-10-5-3-2-4-9(10)12/h2-7H,1H3. The first-order valence-corrected chi connectivity index (χ1v) is 5.54. The lowest BCUT2D eigenvalue weighted by Gasteiger charge is -2.04. The van der Waals surface area contributed by atoms with Gasteiger partial charge in [0.25, 0.3) is 0 Å². The number of ether oxygens (including phenoxy) is 1. The first-order chi connectivity index (χ1) is 7.25. The van der Waals surface area contributed by atoms with Gasteiger partial charge < -0.3 is 4.74 Å². The lowest BCUT2D eigenvalue weighted by Crippen LogP contribution is -1.93. The predicted molar refractivity (Wildman–Crippen MR) is 66.0 cm³/mol. The van der Waals surface area contributed by atoms with Gasteiger partial charge in [-0.05, 0) is 47.2 Å².